The Labute approximate surface area is 246 Å². The summed E-state index contributed by atoms with van der Waals surface area (Å²) in [5.41, 5.74) is 11.5. The molecular formula is C31H38ClFN8. The van der Waals surface area contributed by atoms with Gasteiger partial charge in [0.05, 0.1) is 39.1 Å². The van der Waals surface area contributed by atoms with Crippen LogP contribution < -0.4 is 21.6 Å². The van der Waals surface area contributed by atoms with Gasteiger partial charge in [0.2, 0.25) is 5.95 Å². The lowest BCUT2D eigenvalue weighted by atomic mass is 9.84. The molecule has 1 aromatic carbocycles. The zero-order chi connectivity index (χ0) is 29.7. The molecular weight excluding hydrogens is 539 g/mol. The van der Waals surface area contributed by atoms with Gasteiger partial charge in [-0.05, 0) is 48.8 Å². The minimum Gasteiger partial charge on any atom is -0.383 e. The van der Waals surface area contributed by atoms with Crippen molar-refractivity contribution < 1.29 is 4.39 Å². The van der Waals surface area contributed by atoms with E-state index in [0.29, 0.717) is 34.0 Å². The average molecular weight is 577 g/mol. The molecule has 0 unspecified atom stereocenters. The second-order valence-electron chi connectivity index (χ2n) is 13.3. The summed E-state index contributed by atoms with van der Waals surface area (Å²) in [5, 5.41) is 20.3. The third kappa shape index (κ3) is 5.64. The van der Waals surface area contributed by atoms with Gasteiger partial charge in [-0.2, -0.15) is 9.65 Å². The van der Waals surface area contributed by atoms with Crippen molar-refractivity contribution in [1.29, 1.82) is 5.26 Å². The van der Waals surface area contributed by atoms with Crippen molar-refractivity contribution in [3.8, 4) is 6.07 Å². The number of hydrogen-bond donors (Lipinski definition) is 4. The number of halogens is 2. The van der Waals surface area contributed by atoms with Crippen molar-refractivity contribution in [3.63, 3.8) is 0 Å². The maximum Gasteiger partial charge on any atom is 0.213 e. The molecule has 8 nitrogen and oxygen atoms in total. The molecule has 0 spiro atoms. The maximum atomic E-state index is 14.0. The Morgan fingerprint density at radius 2 is 1.93 bits per heavy atom. The monoisotopic (exact) mass is 576 g/mol. The van der Waals surface area contributed by atoms with E-state index < -0.39 is 12.0 Å². The number of hydrogen-bond acceptors (Lipinski definition) is 8. The van der Waals surface area contributed by atoms with Crippen LogP contribution >= 0.6 is 11.6 Å². The van der Waals surface area contributed by atoms with Crippen molar-refractivity contribution in [3.05, 3.63) is 70.2 Å². The van der Waals surface area contributed by atoms with E-state index in [-0.39, 0.29) is 16.4 Å². The van der Waals surface area contributed by atoms with Crippen LogP contribution in [0.1, 0.15) is 77.2 Å². The highest BCUT2D eigenvalue weighted by Crippen LogP contribution is 2.54. The highest BCUT2D eigenvalue weighted by Gasteiger charge is 2.57. The van der Waals surface area contributed by atoms with Crippen LogP contribution in [-0.2, 0) is 0 Å². The average Bonchev–Trinajstić information content (AvgIpc) is 3.57. The number of pyridine rings is 2. The summed E-state index contributed by atoms with van der Waals surface area (Å²) < 4.78 is 14.0. The summed E-state index contributed by atoms with van der Waals surface area (Å²) >= 11 is 6.78. The predicted molar refractivity (Wildman–Crippen MR) is 162 cm³/mol. The SMILES string of the molecule is Cc1nc(F)ccc1[C@H](Nc1cc(Cl)c2ncc(C#N)c(NCC(C)(C)C)c2c1)C1=CN(C2(C(C)(C)C)CC2)NN1. The molecule has 3 heterocycles. The molecule has 41 heavy (non-hydrogen) atoms. The van der Waals surface area contributed by atoms with E-state index in [1.165, 1.54) is 6.07 Å². The maximum absolute atomic E-state index is 14.0. The fourth-order valence-electron chi connectivity index (χ4n) is 5.48. The van der Waals surface area contributed by atoms with Crippen LogP contribution in [0.25, 0.3) is 10.9 Å². The van der Waals surface area contributed by atoms with E-state index in [9.17, 15) is 9.65 Å². The van der Waals surface area contributed by atoms with E-state index in [2.05, 4.69) is 90.4 Å². The van der Waals surface area contributed by atoms with Gasteiger partial charge in [0, 0.05) is 41.3 Å². The largest absolute Gasteiger partial charge is 0.383 e. The Morgan fingerprint density at radius 1 is 1.20 bits per heavy atom. The van der Waals surface area contributed by atoms with Crippen LogP contribution in [-0.4, -0.2) is 27.1 Å². The van der Waals surface area contributed by atoms with Crippen LogP contribution in [0.15, 0.2) is 42.4 Å². The first-order valence-corrected chi connectivity index (χ1v) is 14.3. The van der Waals surface area contributed by atoms with E-state index >= 15 is 0 Å². The Kier molecular flexibility index (Phi) is 7.29. The minimum absolute atomic E-state index is 0.00163. The number of benzene rings is 1. The normalized spacial score (nSPS) is 17.1. The fourth-order valence-corrected chi connectivity index (χ4v) is 5.75. The smallest absolute Gasteiger partial charge is 0.213 e. The molecule has 1 atom stereocenters. The van der Waals surface area contributed by atoms with Crippen LogP contribution in [0, 0.1) is 35.0 Å². The number of aromatic nitrogens is 2. The van der Waals surface area contributed by atoms with Gasteiger partial charge >= 0.3 is 0 Å². The summed E-state index contributed by atoms with van der Waals surface area (Å²) in [6, 6.07) is 8.77. The predicted octanol–water partition coefficient (Wildman–Crippen LogP) is 6.96. The molecule has 1 aliphatic heterocycles. The molecule has 4 N–H and O–H groups in total. The third-order valence-electron chi connectivity index (χ3n) is 8.04. The van der Waals surface area contributed by atoms with Gasteiger partial charge in [-0.15, -0.1) is 5.53 Å². The highest BCUT2D eigenvalue weighted by atomic mass is 35.5. The number of aryl methyl sites for hydroxylation is 1. The third-order valence-corrected chi connectivity index (χ3v) is 8.32. The Bertz CT molecular complexity index is 1560. The Balaban J connectivity index is 1.58. The molecule has 3 aromatic rings. The molecule has 0 amide bonds. The molecule has 10 heteroatoms. The first-order valence-electron chi connectivity index (χ1n) is 13.9. The lowest BCUT2D eigenvalue weighted by Crippen LogP contribution is -2.51. The first-order chi connectivity index (χ1) is 19.2. The van der Waals surface area contributed by atoms with Gasteiger partial charge in [-0.25, -0.2) is 4.98 Å². The van der Waals surface area contributed by atoms with E-state index in [1.54, 1.807) is 19.2 Å². The number of nitrogens with one attached hydrogen (secondary N) is 4. The summed E-state index contributed by atoms with van der Waals surface area (Å²) in [4.78, 5) is 8.59. The summed E-state index contributed by atoms with van der Waals surface area (Å²) in [6.07, 6.45) is 5.82. The standard InChI is InChI=1S/C31H38ClFN8/c1-18-21(8-9-25(33)37-18)28(24-16-41(40-39-24)31(10-11-31)30(5,6)7)38-20-12-22-26(36-17-29(2,3)4)19(14-34)15-35-27(22)23(32)13-20/h8-9,12-13,15-16,28,38-40H,10-11,17H2,1-7H3,(H,35,36)/t28-/m0/s1. The second kappa shape index (κ2) is 10.3. The van der Waals surface area contributed by atoms with Crippen LogP contribution in [0.3, 0.4) is 0 Å². The molecule has 2 aromatic heterocycles. The van der Waals surface area contributed by atoms with Crippen LogP contribution in [0.4, 0.5) is 15.8 Å². The van der Waals surface area contributed by atoms with Gasteiger partial charge in [0.1, 0.15) is 6.07 Å². The number of nitrogens with zero attached hydrogens (tertiary/aromatic N) is 4. The number of hydrazine groups is 2. The zero-order valence-electron chi connectivity index (χ0n) is 24.7. The second-order valence-corrected chi connectivity index (χ2v) is 13.7. The molecule has 1 fully saturated rings. The van der Waals surface area contributed by atoms with Crippen molar-refractivity contribution >= 4 is 33.9 Å². The number of anilines is 2. The molecule has 1 aliphatic carbocycles. The molecule has 0 radical (unpaired) electrons. The number of rotatable bonds is 7. The molecule has 216 valence electrons. The van der Waals surface area contributed by atoms with Gasteiger partial charge in [-0.1, -0.05) is 59.2 Å². The fraction of sp³-hybridized carbons (Fsp3) is 0.452. The van der Waals surface area contributed by atoms with E-state index in [4.69, 9.17) is 11.6 Å². The Morgan fingerprint density at radius 3 is 2.54 bits per heavy atom. The topological polar surface area (TPSA) is 101 Å². The van der Waals surface area contributed by atoms with Gasteiger partial charge in [-0.3, -0.25) is 9.99 Å². The minimum atomic E-state index is -0.527. The van der Waals surface area contributed by atoms with Gasteiger partial charge < -0.3 is 16.1 Å². The van der Waals surface area contributed by atoms with Crippen LogP contribution in [0.2, 0.25) is 5.02 Å². The van der Waals surface area contributed by atoms with Crippen molar-refractivity contribution in [2.24, 2.45) is 10.8 Å². The number of nitriles is 1. The van der Waals surface area contributed by atoms with Crippen molar-refractivity contribution in [2.45, 2.75) is 72.9 Å². The summed E-state index contributed by atoms with van der Waals surface area (Å²) in [5.74, 6) is -0.527. The first kappa shape index (κ1) is 28.9. The van der Waals surface area contributed by atoms with Crippen molar-refractivity contribution in [2.75, 3.05) is 17.2 Å². The quantitative estimate of drug-likeness (QED) is 0.224. The van der Waals surface area contributed by atoms with Crippen LogP contribution in [0.5, 0.6) is 0 Å². The molecule has 1 saturated carbocycles. The zero-order valence-corrected chi connectivity index (χ0v) is 25.5. The number of fused-ring (bicyclic) bond motifs is 1. The molecule has 0 saturated heterocycles. The Hall–Kier alpha value is -3.61. The molecule has 2 aliphatic rings. The molecule has 5 rings (SSSR count). The lowest BCUT2D eigenvalue weighted by molar-refractivity contribution is 0.0782. The van der Waals surface area contributed by atoms with Gasteiger partial charge in [0.25, 0.3) is 0 Å². The van der Waals surface area contributed by atoms with E-state index in [1.807, 2.05) is 12.1 Å². The summed E-state index contributed by atoms with van der Waals surface area (Å²) in [6.45, 7) is 15.6. The van der Waals surface area contributed by atoms with E-state index in [0.717, 1.165) is 35.2 Å². The summed E-state index contributed by atoms with van der Waals surface area (Å²) in [7, 11) is 0. The van der Waals surface area contributed by atoms with Crippen molar-refractivity contribution in [1.82, 2.24) is 25.9 Å². The lowest BCUT2D eigenvalue weighted by Gasteiger charge is -2.38. The highest BCUT2D eigenvalue weighted by molar-refractivity contribution is 6.35. The molecule has 0 bridgehead atoms. The van der Waals surface area contributed by atoms with Gasteiger partial charge in [0.15, 0.2) is 0 Å².